The quantitative estimate of drug-likeness (QED) is 0.415. The standard InChI is InChI=1S/C24H28N2O2/c1-18-5-4-13-26(18)14-11-23-17-22-16-21(8-9-24(22)28-23)20-7-3-6-19(15-20)10-12-25-27-2/h3,6-9,12,15-18H,4-5,10-11,13-14H2,1-2H3/t18-/m1/s1. The van der Waals surface area contributed by atoms with Crippen LogP contribution >= 0.6 is 0 Å². The highest BCUT2D eigenvalue weighted by Gasteiger charge is 2.20. The molecule has 0 saturated carbocycles. The van der Waals surface area contributed by atoms with Gasteiger partial charge in [0.15, 0.2) is 0 Å². The smallest absolute Gasteiger partial charge is 0.134 e. The van der Waals surface area contributed by atoms with Crippen LogP contribution < -0.4 is 0 Å². The zero-order valence-electron chi connectivity index (χ0n) is 16.7. The molecule has 1 saturated heterocycles. The molecule has 28 heavy (non-hydrogen) atoms. The van der Waals surface area contributed by atoms with Gasteiger partial charge in [-0.15, -0.1) is 0 Å². The number of fused-ring (bicyclic) bond motifs is 1. The summed E-state index contributed by atoms with van der Waals surface area (Å²) in [5, 5.41) is 5.00. The lowest BCUT2D eigenvalue weighted by Gasteiger charge is -2.19. The fourth-order valence-electron chi connectivity index (χ4n) is 4.07. The SMILES string of the molecule is CON=CCc1cccc(-c2ccc3oc(CCN4CCC[C@H]4C)cc3c2)c1. The van der Waals surface area contributed by atoms with Crippen LogP contribution in [0.5, 0.6) is 0 Å². The Kier molecular flexibility index (Phi) is 5.77. The van der Waals surface area contributed by atoms with E-state index in [2.05, 4.69) is 65.5 Å². The summed E-state index contributed by atoms with van der Waals surface area (Å²) in [6.07, 6.45) is 6.16. The minimum absolute atomic E-state index is 0.706. The second-order valence-electron chi connectivity index (χ2n) is 7.62. The van der Waals surface area contributed by atoms with E-state index in [1.54, 1.807) is 13.3 Å². The van der Waals surface area contributed by atoms with Crippen LogP contribution in [0, 0.1) is 0 Å². The van der Waals surface area contributed by atoms with Gasteiger partial charge >= 0.3 is 0 Å². The molecule has 2 aromatic carbocycles. The maximum Gasteiger partial charge on any atom is 0.134 e. The van der Waals surface area contributed by atoms with Crippen molar-refractivity contribution >= 4 is 17.2 Å². The fraction of sp³-hybridized carbons (Fsp3) is 0.375. The molecule has 146 valence electrons. The number of hydrogen-bond donors (Lipinski definition) is 0. The third kappa shape index (κ3) is 4.28. The predicted molar refractivity (Wildman–Crippen MR) is 115 cm³/mol. The number of furan rings is 1. The van der Waals surface area contributed by atoms with Gasteiger partial charge in [-0.2, -0.15) is 0 Å². The molecule has 0 aliphatic carbocycles. The van der Waals surface area contributed by atoms with Crippen molar-refractivity contribution in [3.63, 3.8) is 0 Å². The minimum atomic E-state index is 0.706. The topological polar surface area (TPSA) is 38.0 Å². The Morgan fingerprint density at radius 3 is 2.89 bits per heavy atom. The van der Waals surface area contributed by atoms with Gasteiger partial charge in [0.05, 0.1) is 0 Å². The van der Waals surface area contributed by atoms with Crippen LogP contribution in [0.25, 0.3) is 22.1 Å². The summed E-state index contributed by atoms with van der Waals surface area (Å²) in [5.74, 6) is 1.08. The third-order valence-electron chi connectivity index (χ3n) is 5.67. The van der Waals surface area contributed by atoms with E-state index in [9.17, 15) is 0 Å². The van der Waals surface area contributed by atoms with Gasteiger partial charge in [0.1, 0.15) is 18.5 Å². The molecule has 2 heterocycles. The van der Waals surface area contributed by atoms with Gasteiger partial charge < -0.3 is 14.2 Å². The fourth-order valence-corrected chi connectivity index (χ4v) is 4.07. The van der Waals surface area contributed by atoms with E-state index in [0.29, 0.717) is 6.04 Å². The lowest BCUT2D eigenvalue weighted by atomic mass is 10.0. The van der Waals surface area contributed by atoms with Crippen LogP contribution in [-0.4, -0.2) is 37.4 Å². The Morgan fingerprint density at radius 2 is 2.07 bits per heavy atom. The van der Waals surface area contributed by atoms with Crippen molar-refractivity contribution in [2.24, 2.45) is 5.16 Å². The maximum atomic E-state index is 6.09. The van der Waals surface area contributed by atoms with Crippen LogP contribution in [0.2, 0.25) is 0 Å². The summed E-state index contributed by atoms with van der Waals surface area (Å²) in [7, 11) is 1.56. The molecule has 0 N–H and O–H groups in total. The van der Waals surface area contributed by atoms with Gasteiger partial charge in [0.25, 0.3) is 0 Å². The molecule has 4 heteroatoms. The first kappa shape index (κ1) is 18.8. The molecule has 4 nitrogen and oxygen atoms in total. The van der Waals surface area contributed by atoms with Gasteiger partial charge in [-0.25, -0.2) is 0 Å². The van der Waals surface area contributed by atoms with Crippen molar-refractivity contribution in [2.75, 3.05) is 20.2 Å². The zero-order chi connectivity index (χ0) is 19.3. The van der Waals surface area contributed by atoms with Crippen molar-refractivity contribution < 1.29 is 9.25 Å². The van der Waals surface area contributed by atoms with E-state index in [1.807, 2.05) is 0 Å². The van der Waals surface area contributed by atoms with Crippen LogP contribution in [0.1, 0.15) is 31.1 Å². The number of benzene rings is 2. The molecule has 0 spiro atoms. The average molecular weight is 377 g/mol. The first-order chi connectivity index (χ1) is 13.7. The highest BCUT2D eigenvalue weighted by molar-refractivity contribution is 5.84. The number of hydrogen-bond acceptors (Lipinski definition) is 4. The normalized spacial score (nSPS) is 17.7. The monoisotopic (exact) mass is 376 g/mol. The minimum Gasteiger partial charge on any atom is -0.461 e. The predicted octanol–water partition coefficient (Wildman–Crippen LogP) is 5.30. The highest BCUT2D eigenvalue weighted by Crippen LogP contribution is 2.28. The molecule has 0 amide bonds. The van der Waals surface area contributed by atoms with E-state index in [-0.39, 0.29) is 0 Å². The summed E-state index contributed by atoms with van der Waals surface area (Å²) >= 11 is 0. The van der Waals surface area contributed by atoms with Gasteiger partial charge in [-0.3, -0.25) is 0 Å². The Labute approximate surface area is 166 Å². The lowest BCUT2D eigenvalue weighted by Crippen LogP contribution is -2.28. The van der Waals surface area contributed by atoms with E-state index >= 15 is 0 Å². The van der Waals surface area contributed by atoms with Crippen molar-refractivity contribution in [3.05, 3.63) is 59.9 Å². The van der Waals surface area contributed by atoms with E-state index in [1.165, 1.54) is 41.5 Å². The second-order valence-corrected chi connectivity index (χ2v) is 7.62. The molecule has 0 radical (unpaired) electrons. The molecule has 1 aromatic heterocycles. The Morgan fingerprint density at radius 1 is 1.18 bits per heavy atom. The van der Waals surface area contributed by atoms with Crippen molar-refractivity contribution in [3.8, 4) is 11.1 Å². The van der Waals surface area contributed by atoms with Gasteiger partial charge in [-0.05, 0) is 61.2 Å². The number of oxime groups is 1. The average Bonchev–Trinajstić information content (AvgIpc) is 3.31. The number of likely N-dealkylation sites (tertiary alicyclic amines) is 1. The Bertz CT molecular complexity index is 960. The molecular weight excluding hydrogens is 348 g/mol. The molecule has 1 aliphatic rings. The number of rotatable bonds is 7. The molecule has 1 atom stereocenters. The molecule has 0 bridgehead atoms. The lowest BCUT2D eigenvalue weighted by molar-refractivity contribution is 0.215. The van der Waals surface area contributed by atoms with Crippen molar-refractivity contribution in [2.45, 2.75) is 38.6 Å². The largest absolute Gasteiger partial charge is 0.461 e. The molecule has 3 aromatic rings. The molecule has 4 rings (SSSR count). The summed E-state index contributed by atoms with van der Waals surface area (Å²) in [4.78, 5) is 7.31. The van der Waals surface area contributed by atoms with E-state index in [0.717, 1.165) is 30.7 Å². The van der Waals surface area contributed by atoms with E-state index < -0.39 is 0 Å². The first-order valence-corrected chi connectivity index (χ1v) is 10.1. The zero-order valence-corrected chi connectivity index (χ0v) is 16.7. The van der Waals surface area contributed by atoms with Crippen molar-refractivity contribution in [1.82, 2.24) is 4.90 Å². The summed E-state index contributed by atoms with van der Waals surface area (Å²) in [5.41, 5.74) is 4.60. The Hall–Kier alpha value is -2.59. The summed E-state index contributed by atoms with van der Waals surface area (Å²) in [6, 6.07) is 17.9. The molecule has 0 unspecified atom stereocenters. The maximum absolute atomic E-state index is 6.09. The van der Waals surface area contributed by atoms with Crippen LogP contribution in [0.4, 0.5) is 0 Å². The van der Waals surface area contributed by atoms with Gasteiger partial charge in [0, 0.05) is 37.0 Å². The van der Waals surface area contributed by atoms with Gasteiger partial charge in [0.2, 0.25) is 0 Å². The van der Waals surface area contributed by atoms with E-state index in [4.69, 9.17) is 9.25 Å². The van der Waals surface area contributed by atoms with Crippen LogP contribution in [-0.2, 0) is 17.7 Å². The van der Waals surface area contributed by atoms with Crippen LogP contribution in [0.15, 0.2) is 58.1 Å². The van der Waals surface area contributed by atoms with Gasteiger partial charge in [-0.1, -0.05) is 35.5 Å². The molecular formula is C24H28N2O2. The summed E-state index contributed by atoms with van der Waals surface area (Å²) < 4.78 is 6.09. The molecule has 1 fully saturated rings. The van der Waals surface area contributed by atoms with Crippen LogP contribution in [0.3, 0.4) is 0 Å². The third-order valence-corrected chi connectivity index (χ3v) is 5.67. The molecule has 1 aliphatic heterocycles. The van der Waals surface area contributed by atoms with Crippen molar-refractivity contribution in [1.29, 1.82) is 0 Å². The highest BCUT2D eigenvalue weighted by atomic mass is 16.6. The first-order valence-electron chi connectivity index (χ1n) is 10.1. The summed E-state index contributed by atoms with van der Waals surface area (Å²) in [6.45, 7) is 4.63. The number of nitrogens with zero attached hydrogens (tertiary/aromatic N) is 2. The Balaban J connectivity index is 1.50. The second kappa shape index (κ2) is 8.61.